The number of nitrogens with zero attached hydrogens (tertiary/aromatic N) is 6. The van der Waals surface area contributed by atoms with Crippen molar-refractivity contribution >= 4 is 26.9 Å². The van der Waals surface area contributed by atoms with Gasteiger partial charge in [0, 0.05) is 51.7 Å². The minimum atomic E-state index is -3.70. The zero-order chi connectivity index (χ0) is 21.6. The molecule has 1 fully saturated rings. The molecule has 1 aliphatic rings. The number of aryl methyl sites for hydroxylation is 1. The molecular formula is C20H20N6O4S. The summed E-state index contributed by atoms with van der Waals surface area (Å²) in [7, 11) is -2.15. The van der Waals surface area contributed by atoms with Crippen LogP contribution in [0.25, 0.3) is 16.9 Å². The number of hydrogen-bond acceptors (Lipinski definition) is 7. The van der Waals surface area contributed by atoms with Gasteiger partial charge in [0.05, 0.1) is 10.4 Å². The third-order valence-corrected chi connectivity index (χ3v) is 7.37. The number of sulfonamides is 1. The Hall–Kier alpha value is -3.44. The molecule has 0 amide bonds. The Labute approximate surface area is 178 Å². The average molecular weight is 440 g/mol. The summed E-state index contributed by atoms with van der Waals surface area (Å²) in [5.41, 5.74) is 0.807. The molecule has 31 heavy (non-hydrogen) atoms. The van der Waals surface area contributed by atoms with Crippen LogP contribution in [0.2, 0.25) is 0 Å². The molecule has 160 valence electrons. The molecule has 0 radical (unpaired) electrons. The lowest BCUT2D eigenvalue weighted by atomic mass is 10.3. The molecule has 1 aromatic carbocycles. The third-order valence-electron chi connectivity index (χ3n) is 5.47. The van der Waals surface area contributed by atoms with Gasteiger partial charge in [-0.3, -0.25) is 4.57 Å². The number of anilines is 1. The highest BCUT2D eigenvalue weighted by Gasteiger charge is 2.29. The maximum atomic E-state index is 13.2. The van der Waals surface area contributed by atoms with E-state index in [0.29, 0.717) is 37.3 Å². The van der Waals surface area contributed by atoms with Crippen LogP contribution >= 0.6 is 0 Å². The van der Waals surface area contributed by atoms with Gasteiger partial charge in [-0.05, 0) is 30.3 Å². The maximum Gasteiger partial charge on any atom is 0.419 e. The van der Waals surface area contributed by atoms with Crippen LogP contribution in [0.1, 0.15) is 0 Å². The van der Waals surface area contributed by atoms with E-state index in [1.165, 1.54) is 33.4 Å². The minimum absolute atomic E-state index is 0.141. The second-order valence-corrected chi connectivity index (χ2v) is 9.21. The number of oxazole rings is 1. The molecule has 0 aliphatic carbocycles. The normalized spacial score (nSPS) is 15.6. The Morgan fingerprint density at radius 3 is 2.42 bits per heavy atom. The lowest BCUT2D eigenvalue weighted by molar-refractivity contribution is 0.384. The number of aromatic nitrogens is 4. The van der Waals surface area contributed by atoms with Crippen LogP contribution in [-0.4, -0.2) is 58.0 Å². The summed E-state index contributed by atoms with van der Waals surface area (Å²) in [6.45, 7) is 1.67. The van der Waals surface area contributed by atoms with Crippen molar-refractivity contribution < 1.29 is 12.8 Å². The summed E-state index contributed by atoms with van der Waals surface area (Å²) in [5, 5.41) is 0. The molecule has 0 N–H and O–H groups in total. The standard InChI is InChI=1S/C20H20N6O4S/c1-23-16-12-15(4-5-17(16)30-20(23)27)31(28,29)26-10-8-25(9-11-26)19-13-18(21-14-22-19)24-6-2-3-7-24/h2-7,12-14H,8-11H2,1H3. The van der Waals surface area contributed by atoms with E-state index in [4.69, 9.17) is 4.42 Å². The summed E-state index contributed by atoms with van der Waals surface area (Å²) in [4.78, 5) is 22.5. The van der Waals surface area contributed by atoms with Gasteiger partial charge >= 0.3 is 5.76 Å². The van der Waals surface area contributed by atoms with Crippen molar-refractivity contribution in [2.75, 3.05) is 31.1 Å². The largest absolute Gasteiger partial charge is 0.419 e. The first-order valence-electron chi connectivity index (χ1n) is 9.73. The second-order valence-electron chi connectivity index (χ2n) is 7.27. The highest BCUT2D eigenvalue weighted by molar-refractivity contribution is 7.89. The van der Waals surface area contributed by atoms with Gasteiger partial charge in [0.25, 0.3) is 0 Å². The number of rotatable bonds is 4. The van der Waals surface area contributed by atoms with Crippen LogP contribution in [0.5, 0.6) is 0 Å². The molecule has 11 heteroatoms. The maximum absolute atomic E-state index is 13.2. The van der Waals surface area contributed by atoms with Crippen molar-refractivity contribution in [3.05, 3.63) is 65.7 Å². The van der Waals surface area contributed by atoms with Gasteiger partial charge < -0.3 is 13.9 Å². The predicted octanol–water partition coefficient (Wildman–Crippen LogP) is 1.22. The van der Waals surface area contributed by atoms with E-state index in [1.54, 1.807) is 7.05 Å². The first-order valence-corrected chi connectivity index (χ1v) is 11.2. The zero-order valence-corrected chi connectivity index (χ0v) is 17.6. The van der Waals surface area contributed by atoms with E-state index >= 15 is 0 Å². The van der Waals surface area contributed by atoms with Crippen molar-refractivity contribution in [2.45, 2.75) is 4.90 Å². The van der Waals surface area contributed by atoms with Crippen molar-refractivity contribution in [1.29, 1.82) is 0 Å². The third kappa shape index (κ3) is 3.41. The van der Waals surface area contributed by atoms with Crippen LogP contribution < -0.4 is 10.7 Å². The molecule has 5 rings (SSSR count). The Balaban J connectivity index is 1.35. The number of piperazine rings is 1. The Morgan fingerprint density at radius 2 is 1.68 bits per heavy atom. The highest BCUT2D eigenvalue weighted by atomic mass is 32.2. The summed E-state index contributed by atoms with van der Waals surface area (Å²) >= 11 is 0. The van der Waals surface area contributed by atoms with Crippen molar-refractivity contribution in [3.63, 3.8) is 0 Å². The fourth-order valence-electron chi connectivity index (χ4n) is 3.71. The lowest BCUT2D eigenvalue weighted by Gasteiger charge is -2.34. The average Bonchev–Trinajstić information content (AvgIpc) is 3.43. The van der Waals surface area contributed by atoms with E-state index in [9.17, 15) is 13.2 Å². The monoisotopic (exact) mass is 440 g/mol. The second kappa shape index (κ2) is 7.36. The van der Waals surface area contributed by atoms with Crippen molar-refractivity contribution in [3.8, 4) is 5.82 Å². The molecule has 4 aromatic rings. The van der Waals surface area contributed by atoms with Gasteiger partial charge in [-0.2, -0.15) is 4.31 Å². The van der Waals surface area contributed by atoms with Gasteiger partial charge in [0.15, 0.2) is 5.58 Å². The topological polar surface area (TPSA) is 106 Å². The van der Waals surface area contributed by atoms with E-state index < -0.39 is 15.8 Å². The van der Waals surface area contributed by atoms with Crippen LogP contribution in [0.15, 0.2) is 69.2 Å². The molecule has 0 spiro atoms. The van der Waals surface area contributed by atoms with Crippen LogP contribution in [-0.2, 0) is 17.1 Å². The van der Waals surface area contributed by atoms with Gasteiger partial charge in [0.1, 0.15) is 18.0 Å². The van der Waals surface area contributed by atoms with Crippen molar-refractivity contribution in [1.82, 2.24) is 23.4 Å². The van der Waals surface area contributed by atoms with Crippen molar-refractivity contribution in [2.24, 2.45) is 7.05 Å². The Kier molecular flexibility index (Phi) is 4.63. The molecule has 4 heterocycles. The van der Waals surface area contributed by atoms with E-state index in [-0.39, 0.29) is 4.90 Å². The molecule has 10 nitrogen and oxygen atoms in total. The Morgan fingerprint density at radius 1 is 0.968 bits per heavy atom. The minimum Gasteiger partial charge on any atom is -0.408 e. The molecular weight excluding hydrogens is 420 g/mol. The summed E-state index contributed by atoms with van der Waals surface area (Å²) in [5.74, 6) is 0.983. The van der Waals surface area contributed by atoms with Crippen LogP contribution in [0, 0.1) is 0 Å². The molecule has 0 unspecified atom stereocenters. The molecule has 1 aliphatic heterocycles. The van der Waals surface area contributed by atoms with E-state index in [0.717, 1.165) is 11.6 Å². The smallest absolute Gasteiger partial charge is 0.408 e. The van der Waals surface area contributed by atoms with E-state index in [1.807, 2.05) is 40.1 Å². The first kappa shape index (κ1) is 19.5. The van der Waals surface area contributed by atoms with Gasteiger partial charge in [-0.15, -0.1) is 0 Å². The first-order chi connectivity index (χ1) is 14.9. The predicted molar refractivity (Wildman–Crippen MR) is 114 cm³/mol. The number of fused-ring (bicyclic) bond motifs is 1. The fraction of sp³-hybridized carbons (Fsp3) is 0.250. The van der Waals surface area contributed by atoms with Gasteiger partial charge in [-0.1, -0.05) is 0 Å². The quantitative estimate of drug-likeness (QED) is 0.470. The van der Waals surface area contributed by atoms with Gasteiger partial charge in [0.2, 0.25) is 10.0 Å². The molecule has 0 bridgehead atoms. The zero-order valence-electron chi connectivity index (χ0n) is 16.7. The highest BCUT2D eigenvalue weighted by Crippen LogP contribution is 2.23. The molecule has 0 saturated carbocycles. The molecule has 0 atom stereocenters. The SMILES string of the molecule is Cn1c(=O)oc2ccc(S(=O)(=O)N3CCN(c4cc(-n5cccc5)ncn4)CC3)cc21. The summed E-state index contributed by atoms with van der Waals surface area (Å²) < 4.78 is 36.1. The molecule has 3 aromatic heterocycles. The van der Waals surface area contributed by atoms with Crippen LogP contribution in [0.4, 0.5) is 5.82 Å². The number of benzene rings is 1. The van der Waals surface area contributed by atoms with Gasteiger partial charge in [-0.25, -0.2) is 23.2 Å². The molecule has 1 saturated heterocycles. The number of hydrogen-bond donors (Lipinski definition) is 0. The van der Waals surface area contributed by atoms with E-state index in [2.05, 4.69) is 9.97 Å². The summed E-state index contributed by atoms with van der Waals surface area (Å²) in [6, 6.07) is 10.2. The summed E-state index contributed by atoms with van der Waals surface area (Å²) in [6.07, 6.45) is 5.32. The Bertz CT molecular complexity index is 1400. The fourth-order valence-corrected chi connectivity index (χ4v) is 5.15. The van der Waals surface area contributed by atoms with Crippen LogP contribution in [0.3, 0.4) is 0 Å². The lowest BCUT2D eigenvalue weighted by Crippen LogP contribution is -2.49.